The fourth-order valence-electron chi connectivity index (χ4n) is 4.33. The molecule has 0 atom stereocenters. The van der Waals surface area contributed by atoms with Crippen molar-refractivity contribution < 1.29 is 18.7 Å². The molecule has 0 radical (unpaired) electrons. The van der Waals surface area contributed by atoms with Crippen molar-refractivity contribution in [3.8, 4) is 0 Å². The molecule has 1 aromatic carbocycles. The number of carbonyl (C=O) groups excluding carboxylic acids is 2. The zero-order chi connectivity index (χ0) is 22.4. The van der Waals surface area contributed by atoms with Crippen LogP contribution in [0.25, 0.3) is 0 Å². The van der Waals surface area contributed by atoms with Crippen LogP contribution < -0.4 is 4.90 Å². The maximum absolute atomic E-state index is 14.2. The number of benzene rings is 1. The molecule has 0 unspecified atom stereocenters. The minimum Gasteiger partial charge on any atom is -0.375 e. The lowest BCUT2D eigenvalue weighted by molar-refractivity contribution is -0.133. The average molecular weight is 434 g/mol. The van der Waals surface area contributed by atoms with Gasteiger partial charge < -0.3 is 19.4 Å². The Bertz CT molecular complexity index is 766. The van der Waals surface area contributed by atoms with Crippen LogP contribution in [0.4, 0.5) is 10.1 Å². The Kier molecular flexibility index (Phi) is 8.43. The molecule has 0 aromatic heterocycles. The summed E-state index contributed by atoms with van der Waals surface area (Å²) in [6.07, 6.45) is 3.58. The highest BCUT2D eigenvalue weighted by atomic mass is 19.1. The highest BCUT2D eigenvalue weighted by Gasteiger charge is 2.34. The lowest BCUT2D eigenvalue weighted by atomic mass is 10.1. The first kappa shape index (κ1) is 23.7. The van der Waals surface area contributed by atoms with Gasteiger partial charge in [0.2, 0.25) is 5.91 Å². The van der Waals surface area contributed by atoms with Crippen LogP contribution in [0.3, 0.4) is 0 Å². The largest absolute Gasteiger partial charge is 0.375 e. The van der Waals surface area contributed by atoms with Gasteiger partial charge in [0.05, 0.1) is 0 Å². The maximum Gasteiger partial charge on any atom is 0.252 e. The summed E-state index contributed by atoms with van der Waals surface area (Å²) in [5, 5.41) is 0. The van der Waals surface area contributed by atoms with Crippen LogP contribution in [0.1, 0.15) is 45.1 Å². The van der Waals surface area contributed by atoms with Crippen LogP contribution in [0, 0.1) is 17.7 Å². The molecule has 7 heteroatoms. The summed E-state index contributed by atoms with van der Waals surface area (Å²) in [6, 6.07) is 4.51. The molecule has 0 N–H and O–H groups in total. The number of carbonyl (C=O) groups is 2. The Morgan fingerprint density at radius 1 is 1.13 bits per heavy atom. The van der Waals surface area contributed by atoms with E-state index in [4.69, 9.17) is 4.74 Å². The number of fused-ring (bicyclic) bond motifs is 1. The Morgan fingerprint density at radius 2 is 1.84 bits per heavy atom. The number of ether oxygens (including phenoxy) is 1. The Labute approximate surface area is 185 Å². The predicted molar refractivity (Wildman–Crippen MR) is 119 cm³/mol. The molecule has 172 valence electrons. The van der Waals surface area contributed by atoms with Crippen molar-refractivity contribution in [2.24, 2.45) is 11.8 Å². The second-order valence-corrected chi connectivity index (χ2v) is 9.19. The molecule has 2 aliphatic rings. The number of hydrogen-bond donors (Lipinski definition) is 0. The fourth-order valence-corrected chi connectivity index (χ4v) is 4.33. The number of nitrogens with zero attached hydrogens (tertiary/aromatic N) is 3. The molecule has 6 nitrogen and oxygen atoms in total. The van der Waals surface area contributed by atoms with E-state index < -0.39 is 0 Å². The zero-order valence-corrected chi connectivity index (χ0v) is 19.1. The third kappa shape index (κ3) is 6.74. The molecule has 1 saturated carbocycles. The first-order valence-electron chi connectivity index (χ1n) is 11.5. The molecule has 31 heavy (non-hydrogen) atoms. The lowest BCUT2D eigenvalue weighted by Crippen LogP contribution is -2.41. The highest BCUT2D eigenvalue weighted by molar-refractivity contribution is 5.95. The van der Waals surface area contributed by atoms with E-state index in [2.05, 4.69) is 18.7 Å². The quantitative estimate of drug-likeness (QED) is 0.715. The van der Waals surface area contributed by atoms with Gasteiger partial charge >= 0.3 is 0 Å². The molecular weight excluding hydrogens is 397 g/mol. The van der Waals surface area contributed by atoms with Gasteiger partial charge in [-0.3, -0.25) is 9.59 Å². The van der Waals surface area contributed by atoms with E-state index in [0.717, 1.165) is 45.3 Å². The molecule has 0 saturated heterocycles. The highest BCUT2D eigenvalue weighted by Crippen LogP contribution is 2.33. The minimum atomic E-state index is -0.355. The second-order valence-electron chi connectivity index (χ2n) is 9.19. The molecular formula is C24H36FN3O3. The summed E-state index contributed by atoms with van der Waals surface area (Å²) >= 11 is 0. The van der Waals surface area contributed by atoms with Gasteiger partial charge in [-0.15, -0.1) is 0 Å². The third-order valence-electron chi connectivity index (χ3n) is 5.88. The van der Waals surface area contributed by atoms with E-state index in [1.54, 1.807) is 11.0 Å². The first-order valence-corrected chi connectivity index (χ1v) is 11.5. The van der Waals surface area contributed by atoms with E-state index in [0.29, 0.717) is 36.8 Å². The normalized spacial score (nSPS) is 19.0. The number of rotatable bonds is 5. The number of halogens is 1. The number of hydrogen-bond acceptors (Lipinski definition) is 4. The van der Waals surface area contributed by atoms with Gasteiger partial charge in [0, 0.05) is 44.9 Å². The minimum absolute atomic E-state index is 0.0305. The van der Waals surface area contributed by atoms with E-state index in [1.807, 2.05) is 4.90 Å². The summed E-state index contributed by atoms with van der Waals surface area (Å²) in [6.45, 7) is 8.66. The maximum atomic E-state index is 14.2. The summed E-state index contributed by atoms with van der Waals surface area (Å²) < 4.78 is 19.3. The Hall–Kier alpha value is -1.99. The number of anilines is 1. The summed E-state index contributed by atoms with van der Waals surface area (Å²) in [5.41, 5.74) is 1.35. The SMILES string of the molecule is COCC(=O)N1CCCN(CC(C)C)CCCN(C(=O)C2CC2)Cc2cc(F)ccc21. The van der Waals surface area contributed by atoms with Gasteiger partial charge in [0.1, 0.15) is 12.4 Å². The van der Waals surface area contributed by atoms with E-state index >= 15 is 0 Å². The van der Waals surface area contributed by atoms with Crippen molar-refractivity contribution in [3.63, 3.8) is 0 Å². The molecule has 1 aromatic rings. The van der Waals surface area contributed by atoms with Crippen molar-refractivity contribution in [2.45, 2.75) is 46.1 Å². The van der Waals surface area contributed by atoms with E-state index in [9.17, 15) is 14.0 Å². The van der Waals surface area contributed by atoms with Crippen molar-refractivity contribution in [3.05, 3.63) is 29.6 Å². The zero-order valence-electron chi connectivity index (χ0n) is 19.1. The standard InChI is InChI=1S/C24H36FN3O3/c1-18(2)15-26-10-4-12-27(24(30)19-6-7-19)16-20-14-21(25)8-9-22(20)28(13-5-11-26)23(29)17-31-3/h8-9,14,18-19H,4-7,10-13,15-17H2,1-3H3. The van der Waals surface area contributed by atoms with Gasteiger partial charge in [0.25, 0.3) is 5.91 Å². The fraction of sp³-hybridized carbons (Fsp3) is 0.667. The third-order valence-corrected chi connectivity index (χ3v) is 5.88. The van der Waals surface area contributed by atoms with Crippen LogP contribution in [0.5, 0.6) is 0 Å². The van der Waals surface area contributed by atoms with E-state index in [1.165, 1.54) is 19.2 Å². The van der Waals surface area contributed by atoms with Gasteiger partial charge in [-0.1, -0.05) is 13.8 Å². The van der Waals surface area contributed by atoms with Gasteiger partial charge in [-0.05, 0) is 68.5 Å². The monoisotopic (exact) mass is 433 g/mol. The Morgan fingerprint density at radius 3 is 2.48 bits per heavy atom. The van der Waals surface area contributed by atoms with Crippen molar-refractivity contribution in [1.82, 2.24) is 9.80 Å². The van der Waals surface area contributed by atoms with Crippen LogP contribution in [-0.2, 0) is 20.9 Å². The Balaban J connectivity index is 1.92. The van der Waals surface area contributed by atoms with Gasteiger partial charge in [-0.2, -0.15) is 0 Å². The van der Waals surface area contributed by atoms with Gasteiger partial charge in [-0.25, -0.2) is 4.39 Å². The molecule has 1 heterocycles. The first-order chi connectivity index (χ1) is 14.9. The summed E-state index contributed by atoms with van der Waals surface area (Å²) in [5.74, 6) is 0.294. The van der Waals surface area contributed by atoms with Crippen LogP contribution >= 0.6 is 0 Å². The number of methoxy groups -OCH3 is 1. The van der Waals surface area contributed by atoms with Gasteiger partial charge in [0.15, 0.2) is 0 Å². The predicted octanol–water partition coefficient (Wildman–Crippen LogP) is 3.30. The van der Waals surface area contributed by atoms with Crippen LogP contribution in [0.2, 0.25) is 0 Å². The molecule has 3 rings (SSSR count). The molecule has 2 amide bonds. The molecule has 1 aliphatic carbocycles. The lowest BCUT2D eigenvalue weighted by Gasteiger charge is -2.32. The number of amides is 2. The molecule has 1 aliphatic heterocycles. The van der Waals surface area contributed by atoms with Crippen molar-refractivity contribution in [1.29, 1.82) is 0 Å². The molecule has 1 fully saturated rings. The smallest absolute Gasteiger partial charge is 0.252 e. The van der Waals surface area contributed by atoms with E-state index in [-0.39, 0.29) is 30.2 Å². The van der Waals surface area contributed by atoms with Crippen LogP contribution in [0.15, 0.2) is 18.2 Å². The molecule has 0 spiro atoms. The summed E-state index contributed by atoms with van der Waals surface area (Å²) in [4.78, 5) is 31.8. The van der Waals surface area contributed by atoms with Crippen molar-refractivity contribution in [2.75, 3.05) is 51.3 Å². The second kappa shape index (κ2) is 11.0. The van der Waals surface area contributed by atoms with Crippen LogP contribution in [-0.4, -0.2) is 68.1 Å². The summed E-state index contributed by atoms with van der Waals surface area (Å²) in [7, 11) is 1.50. The molecule has 0 bridgehead atoms. The van der Waals surface area contributed by atoms with Crippen molar-refractivity contribution >= 4 is 17.5 Å². The topological polar surface area (TPSA) is 53.1 Å². The average Bonchev–Trinajstić information content (AvgIpc) is 3.54.